The highest BCUT2D eigenvalue weighted by molar-refractivity contribution is 5.88. The van der Waals surface area contributed by atoms with Crippen molar-refractivity contribution in [1.29, 1.82) is 0 Å². The van der Waals surface area contributed by atoms with E-state index in [4.69, 9.17) is 19.4 Å². The summed E-state index contributed by atoms with van der Waals surface area (Å²) < 4.78 is 9.58. The first-order valence-corrected chi connectivity index (χ1v) is 21.5. The van der Waals surface area contributed by atoms with Crippen molar-refractivity contribution in [3.8, 4) is 33.5 Å². The number of carbonyl (C=O) groups excluding carboxylic acids is 4. The van der Waals surface area contributed by atoms with Crippen LogP contribution in [0.3, 0.4) is 0 Å². The summed E-state index contributed by atoms with van der Waals surface area (Å²) >= 11 is 0. The van der Waals surface area contributed by atoms with Crippen molar-refractivity contribution in [2.75, 3.05) is 20.8 Å². The summed E-state index contributed by atoms with van der Waals surface area (Å²) in [6.07, 6.45) is 5.55. The first-order chi connectivity index (χ1) is 29.4. The molecule has 3 unspecified atom stereocenters. The first-order valence-electron chi connectivity index (χ1n) is 21.5. The Kier molecular flexibility index (Phi) is 11.6. The van der Waals surface area contributed by atoms with Gasteiger partial charge >= 0.3 is 12.2 Å². The molecular formula is C47H56N8O6. The molecular weight excluding hydrogens is 773 g/mol. The molecule has 0 bridgehead atoms. The average Bonchev–Trinajstić information content (AvgIpc) is 4.10. The zero-order valence-electron chi connectivity index (χ0n) is 35.8. The number of fused-ring (bicyclic) bond motifs is 4. The summed E-state index contributed by atoms with van der Waals surface area (Å²) in [7, 11) is 2.59. The van der Waals surface area contributed by atoms with Gasteiger partial charge in [0.05, 0.1) is 42.5 Å². The van der Waals surface area contributed by atoms with Gasteiger partial charge in [-0.1, -0.05) is 89.1 Å². The van der Waals surface area contributed by atoms with Crippen LogP contribution in [0.5, 0.6) is 0 Å². The second-order valence-corrected chi connectivity index (χ2v) is 17.4. The van der Waals surface area contributed by atoms with Gasteiger partial charge in [0.2, 0.25) is 11.8 Å². The fourth-order valence-corrected chi connectivity index (χ4v) is 9.36. The molecule has 14 heteroatoms. The van der Waals surface area contributed by atoms with Crippen molar-refractivity contribution in [3.05, 3.63) is 83.6 Å². The molecule has 61 heavy (non-hydrogen) atoms. The Hall–Kier alpha value is -6.18. The number of carbonyl (C=O) groups is 4. The number of likely N-dealkylation sites (tertiary alicyclic amines) is 1. The van der Waals surface area contributed by atoms with Crippen LogP contribution in [-0.4, -0.2) is 81.7 Å². The van der Waals surface area contributed by atoms with Crippen molar-refractivity contribution >= 4 is 35.0 Å². The number of ether oxygens (including phenoxy) is 2. The highest BCUT2D eigenvalue weighted by Gasteiger charge is 2.42. The summed E-state index contributed by atoms with van der Waals surface area (Å²) in [6, 6.07) is 19.8. The van der Waals surface area contributed by atoms with Crippen molar-refractivity contribution < 1.29 is 28.7 Å². The summed E-state index contributed by atoms with van der Waals surface area (Å²) in [6.45, 7) is 8.23. The second kappa shape index (κ2) is 17.1. The molecule has 14 nitrogen and oxygen atoms in total. The number of alkyl carbamates (subject to hydrolysis) is 2. The van der Waals surface area contributed by atoms with Crippen LogP contribution in [0.1, 0.15) is 95.2 Å². The molecule has 1 saturated heterocycles. The highest BCUT2D eigenvalue weighted by atomic mass is 16.5. The maximum Gasteiger partial charge on any atom is 0.407 e. The topological polar surface area (TPSA) is 183 Å². The normalized spacial score (nSPS) is 17.8. The SMILES string of the molecule is COC(=O)NC(C(=O)NC1(c2nc3ccc(-c4ccc(-c5ccc6c(c5)CCc5[nH]c(C7CCCN7C(=O)C(NC(=O)OC)C(C)C)nc5-6)cc4)cc3[nH]2)CCCC1)C(C)C. The number of methoxy groups -OCH3 is 2. The van der Waals surface area contributed by atoms with Crippen molar-refractivity contribution in [2.45, 2.75) is 103 Å². The fraction of sp³-hybridized carbons (Fsp3) is 0.447. The Balaban J connectivity index is 0.981. The molecule has 1 saturated carbocycles. The number of aromatic amines is 2. The van der Waals surface area contributed by atoms with E-state index in [0.717, 1.165) is 113 Å². The van der Waals surface area contributed by atoms with Crippen LogP contribution in [0.2, 0.25) is 0 Å². The third-order valence-corrected chi connectivity index (χ3v) is 12.8. The van der Waals surface area contributed by atoms with E-state index in [1.54, 1.807) is 0 Å². The van der Waals surface area contributed by atoms with Crippen molar-refractivity contribution in [1.82, 2.24) is 40.8 Å². The molecule has 320 valence electrons. The number of nitrogens with one attached hydrogen (secondary N) is 5. The molecule has 0 spiro atoms. The number of rotatable bonds is 11. The van der Waals surface area contributed by atoms with Gasteiger partial charge in [0.1, 0.15) is 23.7 Å². The largest absolute Gasteiger partial charge is 0.453 e. The minimum absolute atomic E-state index is 0.0998. The number of benzene rings is 3. The van der Waals surface area contributed by atoms with Gasteiger partial charge in [0.15, 0.2) is 0 Å². The molecule has 3 heterocycles. The van der Waals surface area contributed by atoms with Gasteiger partial charge in [-0.25, -0.2) is 19.6 Å². The van der Waals surface area contributed by atoms with Gasteiger partial charge in [-0.2, -0.15) is 0 Å². The molecule has 3 aliphatic rings. The minimum atomic E-state index is -0.737. The number of imidazole rings is 2. The number of hydrogen-bond donors (Lipinski definition) is 5. The van der Waals surface area contributed by atoms with E-state index >= 15 is 0 Å². The third-order valence-electron chi connectivity index (χ3n) is 12.8. The zero-order valence-corrected chi connectivity index (χ0v) is 35.8. The van der Waals surface area contributed by atoms with E-state index < -0.39 is 29.8 Å². The minimum Gasteiger partial charge on any atom is -0.453 e. The lowest BCUT2D eigenvalue weighted by atomic mass is 9.89. The Morgan fingerprint density at radius 2 is 1.38 bits per heavy atom. The van der Waals surface area contributed by atoms with Gasteiger partial charge in [0.25, 0.3) is 0 Å². The summed E-state index contributed by atoms with van der Waals surface area (Å²) in [5.41, 5.74) is 9.82. The highest BCUT2D eigenvalue weighted by Crippen LogP contribution is 2.41. The van der Waals surface area contributed by atoms with E-state index in [2.05, 4.69) is 80.5 Å². The van der Waals surface area contributed by atoms with Crippen LogP contribution in [0.25, 0.3) is 44.5 Å². The number of aromatic nitrogens is 4. The molecule has 5 N–H and O–H groups in total. The molecule has 2 aromatic heterocycles. The predicted molar refractivity (Wildman–Crippen MR) is 232 cm³/mol. The second-order valence-electron chi connectivity index (χ2n) is 17.4. The van der Waals surface area contributed by atoms with Crippen LogP contribution in [0.4, 0.5) is 9.59 Å². The number of nitrogens with zero attached hydrogens (tertiary/aromatic N) is 3. The summed E-state index contributed by atoms with van der Waals surface area (Å²) in [4.78, 5) is 70.4. The molecule has 1 aliphatic heterocycles. The van der Waals surface area contributed by atoms with E-state index in [0.29, 0.717) is 6.54 Å². The lowest BCUT2D eigenvalue weighted by Crippen LogP contribution is -2.55. The summed E-state index contributed by atoms with van der Waals surface area (Å²) in [5, 5.41) is 8.69. The number of amides is 4. The van der Waals surface area contributed by atoms with E-state index in [1.807, 2.05) is 38.7 Å². The monoisotopic (exact) mass is 828 g/mol. The van der Waals surface area contributed by atoms with Crippen LogP contribution in [0.15, 0.2) is 60.7 Å². The van der Waals surface area contributed by atoms with Gasteiger partial charge in [-0.15, -0.1) is 0 Å². The molecule has 3 atom stereocenters. The Morgan fingerprint density at radius 3 is 2.03 bits per heavy atom. The average molecular weight is 829 g/mol. The molecule has 4 amide bonds. The zero-order chi connectivity index (χ0) is 43.0. The lowest BCUT2D eigenvalue weighted by Gasteiger charge is -2.31. The van der Waals surface area contributed by atoms with E-state index in [9.17, 15) is 19.2 Å². The molecule has 0 radical (unpaired) electrons. The lowest BCUT2D eigenvalue weighted by molar-refractivity contribution is -0.135. The molecule has 8 rings (SSSR count). The number of hydrogen-bond acceptors (Lipinski definition) is 8. The van der Waals surface area contributed by atoms with Crippen molar-refractivity contribution in [3.63, 3.8) is 0 Å². The number of aryl methyl sites for hydroxylation is 2. The van der Waals surface area contributed by atoms with Crippen LogP contribution >= 0.6 is 0 Å². The molecule has 2 fully saturated rings. The molecule has 3 aromatic carbocycles. The van der Waals surface area contributed by atoms with Crippen LogP contribution in [-0.2, 0) is 37.4 Å². The van der Waals surface area contributed by atoms with Crippen LogP contribution < -0.4 is 16.0 Å². The maximum atomic E-state index is 13.7. The first kappa shape index (κ1) is 41.5. The third kappa shape index (κ3) is 8.19. The Bertz CT molecular complexity index is 2450. The quantitative estimate of drug-likeness (QED) is 0.0898. The Morgan fingerprint density at radius 1 is 0.754 bits per heavy atom. The van der Waals surface area contributed by atoms with Gasteiger partial charge in [0, 0.05) is 17.8 Å². The van der Waals surface area contributed by atoms with Gasteiger partial charge < -0.3 is 40.3 Å². The molecule has 5 aromatic rings. The summed E-state index contributed by atoms with van der Waals surface area (Å²) in [5.74, 6) is 0.920. The van der Waals surface area contributed by atoms with Gasteiger partial charge in [-0.3, -0.25) is 9.59 Å². The fourth-order valence-electron chi connectivity index (χ4n) is 9.36. The Labute approximate surface area is 356 Å². The predicted octanol–water partition coefficient (Wildman–Crippen LogP) is 7.70. The standard InChI is InChI=1S/C47H56N8O6/c1-26(2)38(52-45(58)60-5)42(56)54-47(21-7-8-22-47)44-49-34-19-16-31(25-36(34)50-44)29-13-11-28(12-14-29)30-15-18-33-32(24-30)17-20-35-40(33)51-41(48-35)37-10-9-23-55(37)43(57)39(27(3)4)53-46(59)61-6/h11-16,18-19,24-27,37-39H,7-10,17,20-23H2,1-6H3,(H,48,51)(H,49,50)(H,52,58)(H,53,59)(H,54,56). The maximum absolute atomic E-state index is 13.7. The van der Waals surface area contributed by atoms with Crippen LogP contribution in [0, 0.1) is 11.8 Å². The van der Waals surface area contributed by atoms with Gasteiger partial charge in [-0.05, 0) is 90.3 Å². The smallest absolute Gasteiger partial charge is 0.407 e. The van der Waals surface area contributed by atoms with E-state index in [1.165, 1.54) is 19.8 Å². The number of H-pyrrole nitrogens is 2. The molecule has 2 aliphatic carbocycles. The van der Waals surface area contributed by atoms with Crippen molar-refractivity contribution in [2.24, 2.45) is 11.8 Å². The van der Waals surface area contributed by atoms with E-state index in [-0.39, 0.29) is 29.7 Å².